The summed E-state index contributed by atoms with van der Waals surface area (Å²) in [7, 11) is 1.59. The first-order chi connectivity index (χ1) is 15.0. The summed E-state index contributed by atoms with van der Waals surface area (Å²) in [5, 5.41) is 5.45. The molecule has 0 bridgehead atoms. The molecule has 0 radical (unpaired) electrons. The molecule has 1 aliphatic rings. The van der Waals surface area contributed by atoms with Gasteiger partial charge in [0.25, 0.3) is 5.91 Å². The molecule has 1 aliphatic heterocycles. The van der Waals surface area contributed by atoms with Gasteiger partial charge in [-0.2, -0.15) is 0 Å². The molecule has 2 N–H and O–H groups in total. The van der Waals surface area contributed by atoms with Crippen molar-refractivity contribution in [3.05, 3.63) is 65.5 Å². The lowest BCUT2D eigenvalue weighted by molar-refractivity contribution is -0.137. The van der Waals surface area contributed by atoms with Crippen molar-refractivity contribution in [2.75, 3.05) is 26.7 Å². The minimum atomic E-state index is -0.501. The van der Waals surface area contributed by atoms with Crippen LogP contribution in [0, 0.1) is 5.82 Å². The monoisotopic (exact) mass is 427 g/mol. The first-order valence-electron chi connectivity index (χ1n) is 10.2. The summed E-state index contributed by atoms with van der Waals surface area (Å²) >= 11 is 0. The molecule has 7 nitrogen and oxygen atoms in total. The summed E-state index contributed by atoms with van der Waals surface area (Å²) in [5.41, 5.74) is 1.21. The van der Waals surface area contributed by atoms with Crippen LogP contribution in [-0.2, 0) is 16.0 Å². The van der Waals surface area contributed by atoms with Crippen molar-refractivity contribution in [2.45, 2.75) is 25.3 Å². The van der Waals surface area contributed by atoms with E-state index in [0.29, 0.717) is 18.5 Å². The highest BCUT2D eigenvalue weighted by molar-refractivity contribution is 5.94. The van der Waals surface area contributed by atoms with Crippen LogP contribution >= 0.6 is 0 Å². The van der Waals surface area contributed by atoms with Gasteiger partial charge in [-0.15, -0.1) is 0 Å². The molecule has 1 fully saturated rings. The van der Waals surface area contributed by atoms with Gasteiger partial charge in [-0.25, -0.2) is 4.39 Å². The number of amides is 3. The van der Waals surface area contributed by atoms with Crippen molar-refractivity contribution in [3.8, 4) is 5.75 Å². The summed E-state index contributed by atoms with van der Waals surface area (Å²) in [6.07, 6.45) is 1.61. The molecule has 2 aromatic rings. The van der Waals surface area contributed by atoms with Crippen LogP contribution in [0.15, 0.2) is 48.5 Å². The number of nitrogens with zero attached hydrogens (tertiary/aromatic N) is 1. The summed E-state index contributed by atoms with van der Waals surface area (Å²) in [5.74, 6) is -0.344. The maximum atomic E-state index is 12.9. The zero-order valence-corrected chi connectivity index (χ0v) is 17.4. The highest BCUT2D eigenvalue weighted by atomic mass is 19.1. The number of hydrogen-bond acceptors (Lipinski definition) is 4. The normalized spacial score (nSPS) is 15.4. The molecule has 0 aromatic heterocycles. The predicted molar refractivity (Wildman–Crippen MR) is 113 cm³/mol. The molecule has 1 heterocycles. The minimum Gasteiger partial charge on any atom is -0.497 e. The van der Waals surface area contributed by atoms with Crippen LogP contribution in [0.4, 0.5) is 4.39 Å². The molecule has 31 heavy (non-hydrogen) atoms. The average Bonchev–Trinajstić information content (AvgIpc) is 3.28. The second-order valence-corrected chi connectivity index (χ2v) is 7.32. The van der Waals surface area contributed by atoms with E-state index < -0.39 is 11.9 Å². The standard InChI is InChI=1S/C23H26FN3O4/c1-31-19-10-4-16(5-11-19)15-21(28)27-14-2-3-20(27)23(30)26-13-12-25-22(29)17-6-8-18(24)9-7-17/h4-11,20H,2-3,12-15H2,1H3,(H,25,29)(H,26,30)/t20-/m1/s1. The molecule has 1 saturated heterocycles. The average molecular weight is 427 g/mol. The Hall–Kier alpha value is -3.42. The van der Waals surface area contributed by atoms with Crippen LogP contribution in [0.5, 0.6) is 5.75 Å². The fourth-order valence-electron chi connectivity index (χ4n) is 3.54. The highest BCUT2D eigenvalue weighted by Gasteiger charge is 2.33. The summed E-state index contributed by atoms with van der Waals surface area (Å²) in [6, 6.07) is 12.0. The number of nitrogens with one attached hydrogen (secondary N) is 2. The van der Waals surface area contributed by atoms with Crippen LogP contribution in [0.3, 0.4) is 0 Å². The molecule has 0 saturated carbocycles. The smallest absolute Gasteiger partial charge is 0.251 e. The number of likely N-dealkylation sites (tertiary alicyclic amines) is 1. The number of benzene rings is 2. The van der Waals surface area contributed by atoms with Crippen molar-refractivity contribution in [1.29, 1.82) is 0 Å². The summed E-state index contributed by atoms with van der Waals surface area (Å²) in [6.45, 7) is 1.02. The number of methoxy groups -OCH3 is 1. The zero-order valence-electron chi connectivity index (χ0n) is 17.4. The van der Waals surface area contributed by atoms with Crippen molar-refractivity contribution >= 4 is 17.7 Å². The number of halogens is 1. The second-order valence-electron chi connectivity index (χ2n) is 7.32. The Kier molecular flexibility index (Phi) is 7.59. The molecular weight excluding hydrogens is 401 g/mol. The molecule has 0 spiro atoms. The third kappa shape index (κ3) is 6.04. The van der Waals surface area contributed by atoms with Crippen LogP contribution in [-0.4, -0.2) is 55.4 Å². The van der Waals surface area contributed by atoms with Crippen molar-refractivity contribution in [1.82, 2.24) is 15.5 Å². The Balaban J connectivity index is 1.44. The van der Waals surface area contributed by atoms with Gasteiger partial charge in [-0.1, -0.05) is 12.1 Å². The second kappa shape index (κ2) is 10.6. The lowest BCUT2D eigenvalue weighted by Crippen LogP contribution is -2.47. The molecule has 3 amide bonds. The van der Waals surface area contributed by atoms with E-state index in [4.69, 9.17) is 4.74 Å². The van der Waals surface area contributed by atoms with Gasteiger partial charge in [0.15, 0.2) is 0 Å². The van der Waals surface area contributed by atoms with E-state index in [1.807, 2.05) is 12.1 Å². The van der Waals surface area contributed by atoms with Gasteiger partial charge >= 0.3 is 0 Å². The number of hydrogen-bond donors (Lipinski definition) is 2. The van der Waals surface area contributed by atoms with E-state index in [-0.39, 0.29) is 37.2 Å². The first-order valence-corrected chi connectivity index (χ1v) is 10.2. The quantitative estimate of drug-likeness (QED) is 0.630. The first kappa shape index (κ1) is 22.3. The van der Waals surface area contributed by atoms with Gasteiger partial charge in [0, 0.05) is 25.2 Å². The van der Waals surface area contributed by atoms with Gasteiger partial charge < -0.3 is 20.3 Å². The number of carbonyl (C=O) groups excluding carboxylic acids is 3. The van der Waals surface area contributed by atoms with Gasteiger partial charge in [0.2, 0.25) is 11.8 Å². The third-order valence-corrected chi connectivity index (χ3v) is 5.21. The summed E-state index contributed by atoms with van der Waals surface area (Å²) < 4.78 is 18.0. The fourth-order valence-corrected chi connectivity index (χ4v) is 3.54. The number of ether oxygens (including phenoxy) is 1. The Bertz CT molecular complexity index is 915. The minimum absolute atomic E-state index is 0.0903. The van der Waals surface area contributed by atoms with Crippen molar-refractivity contribution < 1.29 is 23.5 Å². The highest BCUT2D eigenvalue weighted by Crippen LogP contribution is 2.20. The molecule has 164 valence electrons. The Labute approximate surface area is 180 Å². The molecule has 1 atom stereocenters. The fraction of sp³-hybridized carbons (Fsp3) is 0.348. The van der Waals surface area contributed by atoms with Crippen LogP contribution in [0.1, 0.15) is 28.8 Å². The zero-order chi connectivity index (χ0) is 22.2. The predicted octanol–water partition coefficient (Wildman–Crippen LogP) is 1.91. The molecule has 3 rings (SSSR count). The van der Waals surface area contributed by atoms with Gasteiger partial charge in [-0.3, -0.25) is 14.4 Å². The Morgan fingerprint density at radius 3 is 2.39 bits per heavy atom. The van der Waals surface area contributed by atoms with E-state index in [9.17, 15) is 18.8 Å². The topological polar surface area (TPSA) is 87.7 Å². The summed E-state index contributed by atoms with van der Waals surface area (Å²) in [4.78, 5) is 38.9. The molecular formula is C23H26FN3O4. The van der Waals surface area contributed by atoms with Crippen molar-refractivity contribution in [2.24, 2.45) is 0 Å². The van der Waals surface area contributed by atoms with Gasteiger partial charge in [-0.05, 0) is 54.8 Å². The van der Waals surface area contributed by atoms with E-state index in [1.54, 1.807) is 24.1 Å². The number of rotatable bonds is 8. The Morgan fingerprint density at radius 2 is 1.71 bits per heavy atom. The lowest BCUT2D eigenvalue weighted by atomic mass is 10.1. The van der Waals surface area contributed by atoms with Gasteiger partial charge in [0.05, 0.1) is 13.5 Å². The van der Waals surface area contributed by atoms with Gasteiger partial charge in [0.1, 0.15) is 17.6 Å². The van der Waals surface area contributed by atoms with E-state index in [2.05, 4.69) is 10.6 Å². The van der Waals surface area contributed by atoms with Crippen LogP contribution < -0.4 is 15.4 Å². The Morgan fingerprint density at radius 1 is 1.03 bits per heavy atom. The maximum absolute atomic E-state index is 12.9. The third-order valence-electron chi connectivity index (χ3n) is 5.21. The molecule has 2 aromatic carbocycles. The maximum Gasteiger partial charge on any atom is 0.251 e. The lowest BCUT2D eigenvalue weighted by Gasteiger charge is -2.24. The van der Waals surface area contributed by atoms with E-state index in [0.717, 1.165) is 17.7 Å². The van der Waals surface area contributed by atoms with E-state index >= 15 is 0 Å². The molecule has 0 aliphatic carbocycles. The van der Waals surface area contributed by atoms with Crippen LogP contribution in [0.25, 0.3) is 0 Å². The number of carbonyl (C=O) groups is 3. The van der Waals surface area contributed by atoms with Crippen molar-refractivity contribution in [3.63, 3.8) is 0 Å². The van der Waals surface area contributed by atoms with Crippen LogP contribution in [0.2, 0.25) is 0 Å². The molecule has 8 heteroatoms. The largest absolute Gasteiger partial charge is 0.497 e. The molecule has 0 unspecified atom stereocenters. The van der Waals surface area contributed by atoms with E-state index in [1.165, 1.54) is 24.3 Å². The SMILES string of the molecule is COc1ccc(CC(=O)N2CCC[C@@H]2C(=O)NCCNC(=O)c2ccc(F)cc2)cc1.